The van der Waals surface area contributed by atoms with Gasteiger partial charge in [0, 0.05) is 11.0 Å². The van der Waals surface area contributed by atoms with Crippen molar-refractivity contribution in [3.8, 4) is 0 Å². The van der Waals surface area contributed by atoms with Crippen molar-refractivity contribution in [2.24, 2.45) is 10.8 Å². The fourth-order valence-corrected chi connectivity index (χ4v) is 8.78. The van der Waals surface area contributed by atoms with E-state index in [4.69, 9.17) is 0 Å². The summed E-state index contributed by atoms with van der Waals surface area (Å²) in [6.07, 6.45) is 12.1. The van der Waals surface area contributed by atoms with Gasteiger partial charge in [-0.15, -0.1) is 0 Å². The molecule has 0 radical (unpaired) electrons. The lowest BCUT2D eigenvalue weighted by Gasteiger charge is -2.35. The summed E-state index contributed by atoms with van der Waals surface area (Å²) in [5, 5.41) is 11.2. The molecule has 3 atom stereocenters. The van der Waals surface area contributed by atoms with E-state index < -0.39 is 0 Å². The van der Waals surface area contributed by atoms with Crippen LogP contribution in [0.15, 0.2) is 109 Å². The second kappa shape index (κ2) is 11.5. The third kappa shape index (κ3) is 4.46. The Morgan fingerprint density at radius 2 is 1.14 bits per heavy atom. The van der Waals surface area contributed by atoms with E-state index in [2.05, 4.69) is 98.8 Å². The van der Waals surface area contributed by atoms with Crippen LogP contribution in [0.5, 0.6) is 0 Å². The molecule has 4 aromatic carbocycles. The van der Waals surface area contributed by atoms with Crippen LogP contribution in [0.25, 0.3) is 11.1 Å². The summed E-state index contributed by atoms with van der Waals surface area (Å²) in [6, 6.07) is 33.8. The monoisotopic (exact) mass is 578 g/mol. The highest BCUT2D eigenvalue weighted by molar-refractivity contribution is 6.12. The summed E-state index contributed by atoms with van der Waals surface area (Å²) in [6.45, 7) is 4.40. The summed E-state index contributed by atoms with van der Waals surface area (Å²) in [7, 11) is 0. The van der Waals surface area contributed by atoms with Crippen LogP contribution in [-0.2, 0) is 25.7 Å². The van der Waals surface area contributed by atoms with E-state index in [0.717, 1.165) is 62.5 Å². The summed E-state index contributed by atoms with van der Waals surface area (Å²) < 4.78 is 0. The Labute approximate surface area is 262 Å². The molecule has 0 aromatic heterocycles. The molecule has 4 aromatic rings. The van der Waals surface area contributed by atoms with Gasteiger partial charge in [-0.05, 0) is 88.6 Å². The topological polar surface area (TPSA) is 37.3 Å². The molecular formula is C42H42O2. The average Bonchev–Trinajstić information content (AvgIpc) is 3.81. The Kier molecular flexibility index (Phi) is 7.50. The van der Waals surface area contributed by atoms with Gasteiger partial charge in [0.1, 0.15) is 0 Å². The van der Waals surface area contributed by atoms with Crippen molar-refractivity contribution >= 4 is 16.9 Å². The number of hydrogen-bond acceptors (Lipinski definition) is 2. The predicted molar refractivity (Wildman–Crippen MR) is 181 cm³/mol. The van der Waals surface area contributed by atoms with Crippen LogP contribution in [-0.4, -0.2) is 10.9 Å². The van der Waals surface area contributed by atoms with Crippen molar-refractivity contribution in [2.75, 3.05) is 0 Å². The van der Waals surface area contributed by atoms with E-state index in [9.17, 15) is 9.90 Å². The first-order chi connectivity index (χ1) is 21.5. The Morgan fingerprint density at radius 3 is 1.75 bits per heavy atom. The van der Waals surface area contributed by atoms with E-state index in [0.29, 0.717) is 5.78 Å². The molecule has 0 aliphatic heterocycles. The number of carbonyl (C=O) groups excluding carboxylic acids is 1. The molecule has 3 unspecified atom stereocenters. The van der Waals surface area contributed by atoms with E-state index in [1.807, 2.05) is 24.3 Å². The first kappa shape index (κ1) is 28.7. The maximum absolute atomic E-state index is 13.3. The van der Waals surface area contributed by atoms with Crippen LogP contribution in [0.3, 0.4) is 0 Å². The molecule has 44 heavy (non-hydrogen) atoms. The van der Waals surface area contributed by atoms with Crippen molar-refractivity contribution in [3.05, 3.63) is 154 Å². The van der Waals surface area contributed by atoms with Crippen LogP contribution in [0, 0.1) is 10.8 Å². The zero-order chi connectivity index (χ0) is 30.3. The molecule has 0 spiro atoms. The molecule has 8 rings (SSSR count). The van der Waals surface area contributed by atoms with Gasteiger partial charge in [0.05, 0.1) is 11.5 Å². The van der Waals surface area contributed by atoms with Crippen LogP contribution < -0.4 is 0 Å². The Morgan fingerprint density at radius 1 is 0.614 bits per heavy atom. The lowest BCUT2D eigenvalue weighted by molar-refractivity contribution is 0.0742. The van der Waals surface area contributed by atoms with E-state index in [1.54, 1.807) is 0 Å². The van der Waals surface area contributed by atoms with E-state index >= 15 is 0 Å². The molecule has 222 valence electrons. The largest absolute Gasteiger partial charge is 0.387 e. The molecule has 0 saturated carbocycles. The van der Waals surface area contributed by atoms with Crippen molar-refractivity contribution in [3.63, 3.8) is 0 Å². The van der Waals surface area contributed by atoms with Crippen molar-refractivity contribution in [1.82, 2.24) is 0 Å². The number of allylic oxidation sites excluding steroid dienone is 3. The van der Waals surface area contributed by atoms with Crippen LogP contribution >= 0.6 is 0 Å². The third-order valence-corrected chi connectivity index (χ3v) is 10.7. The highest BCUT2D eigenvalue weighted by atomic mass is 16.3. The van der Waals surface area contributed by atoms with Gasteiger partial charge in [-0.3, -0.25) is 4.79 Å². The van der Waals surface area contributed by atoms with Crippen LogP contribution in [0.1, 0.15) is 94.9 Å². The van der Waals surface area contributed by atoms with Gasteiger partial charge in [0.15, 0.2) is 5.78 Å². The van der Waals surface area contributed by atoms with Crippen molar-refractivity contribution in [1.29, 1.82) is 0 Å². The fraction of sp³-hybridized carbons (Fsp3) is 0.310. The number of ketones is 1. The normalized spacial score (nSPS) is 24.1. The quantitative estimate of drug-likeness (QED) is 0.247. The lowest BCUT2D eigenvalue weighted by Crippen LogP contribution is -2.29. The number of Topliss-reactive ketones (excluding diaryl/α,β-unsaturated/α-hetero) is 1. The maximum atomic E-state index is 13.3. The summed E-state index contributed by atoms with van der Waals surface area (Å²) in [5.41, 5.74) is 12.1. The molecule has 0 heterocycles. The standard InChI is InChI=1S/C21H22O.C21H20O/c2*1-2-13-21(14-16-8-4-6-10-18(16)20(21)22)19-12-11-15-7-3-5-9-17(15)19/h3-10,12,20,22H,2,11,13-14H2,1H3;3-10,12H,2,11,13-14H2,1H3. The third-order valence-electron chi connectivity index (χ3n) is 10.7. The highest BCUT2D eigenvalue weighted by Crippen LogP contribution is 2.58. The smallest absolute Gasteiger partial charge is 0.173 e. The lowest BCUT2D eigenvalue weighted by atomic mass is 9.70. The minimum absolute atomic E-state index is 0.148. The maximum Gasteiger partial charge on any atom is 0.173 e. The second-order valence-corrected chi connectivity index (χ2v) is 13.1. The zero-order valence-electron chi connectivity index (χ0n) is 26.0. The Bertz CT molecular complexity index is 1790. The van der Waals surface area contributed by atoms with E-state index in [1.165, 1.54) is 44.5 Å². The molecule has 1 N–H and O–H groups in total. The van der Waals surface area contributed by atoms with E-state index in [-0.39, 0.29) is 16.9 Å². The van der Waals surface area contributed by atoms with Crippen molar-refractivity contribution in [2.45, 2.75) is 71.3 Å². The molecule has 4 aliphatic rings. The molecule has 0 amide bonds. The number of rotatable bonds is 6. The Hall–Kier alpha value is -4.01. The molecule has 0 fully saturated rings. The SMILES string of the molecule is CCCC1(C2=CCc3ccccc32)Cc2ccccc2C1=O.CCCC1(C2=CCc3ccccc32)Cc2ccccc2C1O. The summed E-state index contributed by atoms with van der Waals surface area (Å²) in [4.78, 5) is 13.3. The number of aliphatic hydroxyl groups excluding tert-OH is 1. The van der Waals surface area contributed by atoms with Gasteiger partial charge in [-0.25, -0.2) is 0 Å². The number of hydrogen-bond donors (Lipinski definition) is 1. The van der Waals surface area contributed by atoms with Crippen LogP contribution in [0.4, 0.5) is 0 Å². The first-order valence-corrected chi connectivity index (χ1v) is 16.5. The Balaban J connectivity index is 0.000000142. The average molecular weight is 579 g/mol. The van der Waals surface area contributed by atoms with Gasteiger partial charge < -0.3 is 5.11 Å². The molecule has 4 aliphatic carbocycles. The highest BCUT2D eigenvalue weighted by Gasteiger charge is 2.49. The first-order valence-electron chi connectivity index (χ1n) is 16.5. The molecule has 0 bridgehead atoms. The summed E-state index contributed by atoms with van der Waals surface area (Å²) in [5.74, 6) is 0.327. The molecular weight excluding hydrogens is 536 g/mol. The zero-order valence-corrected chi connectivity index (χ0v) is 26.0. The van der Waals surface area contributed by atoms with Gasteiger partial charge >= 0.3 is 0 Å². The van der Waals surface area contributed by atoms with Gasteiger partial charge in [0.2, 0.25) is 0 Å². The number of fused-ring (bicyclic) bond motifs is 4. The van der Waals surface area contributed by atoms with Gasteiger partial charge in [-0.2, -0.15) is 0 Å². The number of aliphatic hydroxyl groups is 1. The number of benzene rings is 4. The van der Waals surface area contributed by atoms with Crippen LogP contribution in [0.2, 0.25) is 0 Å². The molecule has 2 heteroatoms. The van der Waals surface area contributed by atoms with Crippen molar-refractivity contribution < 1.29 is 9.90 Å². The summed E-state index contributed by atoms with van der Waals surface area (Å²) >= 11 is 0. The fourth-order valence-electron chi connectivity index (χ4n) is 8.78. The van der Waals surface area contributed by atoms with Gasteiger partial charge in [0.25, 0.3) is 0 Å². The minimum atomic E-state index is -0.388. The second-order valence-electron chi connectivity index (χ2n) is 13.1. The number of carbonyl (C=O) groups is 1. The minimum Gasteiger partial charge on any atom is -0.387 e. The molecule has 0 saturated heterocycles. The molecule has 2 nitrogen and oxygen atoms in total. The predicted octanol–water partition coefficient (Wildman–Crippen LogP) is 9.55. The van der Waals surface area contributed by atoms with Gasteiger partial charge in [-0.1, -0.05) is 136 Å².